The SMILES string of the molecule is O=[PH](Cl)[SH]1C=CC=C1. The Bertz CT molecular complexity index is 153. The first-order valence-electron chi connectivity index (χ1n) is 2.13. The van der Waals surface area contributed by atoms with Crippen LogP contribution in [0.15, 0.2) is 23.0 Å². The van der Waals surface area contributed by atoms with Gasteiger partial charge < -0.3 is 0 Å². The molecule has 0 aromatic rings. The molecule has 1 aliphatic rings. The lowest BCUT2D eigenvalue weighted by Gasteiger charge is -1.99. The van der Waals surface area contributed by atoms with Gasteiger partial charge in [0.05, 0.1) is 0 Å². The van der Waals surface area contributed by atoms with Gasteiger partial charge in [0.25, 0.3) is 0 Å². The van der Waals surface area contributed by atoms with E-state index in [1.807, 2.05) is 23.0 Å². The Kier molecular flexibility index (Phi) is 2.24. The van der Waals surface area contributed by atoms with Crippen LogP contribution in [0.2, 0.25) is 0 Å². The van der Waals surface area contributed by atoms with E-state index in [1.54, 1.807) is 0 Å². The van der Waals surface area contributed by atoms with Crippen LogP contribution < -0.4 is 0 Å². The van der Waals surface area contributed by atoms with Crippen molar-refractivity contribution in [3.05, 3.63) is 23.0 Å². The van der Waals surface area contributed by atoms with Crippen LogP contribution in [-0.2, 0) is 4.57 Å². The summed E-state index contributed by atoms with van der Waals surface area (Å²) in [6, 6.07) is 0. The van der Waals surface area contributed by atoms with E-state index in [0.29, 0.717) is 0 Å². The molecule has 0 N–H and O–H groups in total. The van der Waals surface area contributed by atoms with Gasteiger partial charge in [-0.15, -0.1) is 0 Å². The van der Waals surface area contributed by atoms with Crippen molar-refractivity contribution in [3.63, 3.8) is 0 Å². The van der Waals surface area contributed by atoms with Gasteiger partial charge >= 0.3 is 0 Å². The molecule has 0 radical (unpaired) electrons. The van der Waals surface area contributed by atoms with Crippen LogP contribution in [0.3, 0.4) is 0 Å². The third kappa shape index (κ3) is 1.41. The number of thiol groups is 1. The monoisotopic (exact) mass is 168 g/mol. The molecule has 1 nitrogen and oxygen atoms in total. The van der Waals surface area contributed by atoms with E-state index >= 15 is 0 Å². The second-order valence-electron chi connectivity index (χ2n) is 1.34. The second-order valence-corrected chi connectivity index (χ2v) is 7.85. The highest BCUT2D eigenvalue weighted by molar-refractivity contribution is 8.71. The normalized spacial score (nSPS) is 24.4. The highest BCUT2D eigenvalue weighted by Crippen LogP contribution is 2.59. The topological polar surface area (TPSA) is 17.1 Å². The second kappa shape index (κ2) is 2.77. The molecule has 0 aliphatic carbocycles. The summed E-state index contributed by atoms with van der Waals surface area (Å²) in [5.41, 5.74) is 0. The van der Waals surface area contributed by atoms with Gasteiger partial charge in [0, 0.05) is 0 Å². The predicted octanol–water partition coefficient (Wildman–Crippen LogP) is 2.66. The van der Waals surface area contributed by atoms with Gasteiger partial charge in [-0.05, 0) is 22.1 Å². The predicted molar refractivity (Wildman–Crippen MR) is 42.1 cm³/mol. The summed E-state index contributed by atoms with van der Waals surface area (Å²) in [5, 5.41) is 3.81. The van der Waals surface area contributed by atoms with Crippen molar-refractivity contribution in [2.75, 3.05) is 0 Å². The van der Waals surface area contributed by atoms with E-state index in [4.69, 9.17) is 11.2 Å². The van der Waals surface area contributed by atoms with E-state index in [9.17, 15) is 4.57 Å². The first-order valence-corrected chi connectivity index (χ1v) is 6.87. The van der Waals surface area contributed by atoms with Crippen LogP contribution in [0, 0.1) is 0 Å². The van der Waals surface area contributed by atoms with Crippen molar-refractivity contribution >= 4 is 28.1 Å². The third-order valence-corrected chi connectivity index (χ3v) is 6.07. The molecule has 0 spiro atoms. The van der Waals surface area contributed by atoms with Crippen molar-refractivity contribution in [1.29, 1.82) is 0 Å². The molecular weight excluding hydrogens is 163 g/mol. The van der Waals surface area contributed by atoms with E-state index in [2.05, 4.69) is 0 Å². The van der Waals surface area contributed by atoms with E-state index < -0.39 is 16.9 Å². The van der Waals surface area contributed by atoms with E-state index in [-0.39, 0.29) is 0 Å². The summed E-state index contributed by atoms with van der Waals surface area (Å²) >= 11 is 5.36. The minimum atomic E-state index is -1.80. The smallest absolute Gasteiger partial charge is 0.198 e. The van der Waals surface area contributed by atoms with Crippen LogP contribution in [0.4, 0.5) is 0 Å². The van der Waals surface area contributed by atoms with Gasteiger partial charge in [0.2, 0.25) is 0 Å². The number of rotatable bonds is 1. The average molecular weight is 169 g/mol. The first kappa shape index (κ1) is 6.47. The summed E-state index contributed by atoms with van der Waals surface area (Å²) in [6.07, 6.45) is 1.97. The summed E-state index contributed by atoms with van der Waals surface area (Å²) in [5.74, 6) is 0. The minimum Gasteiger partial charge on any atom is -0.299 e. The van der Waals surface area contributed by atoms with Gasteiger partial charge in [-0.2, -0.15) is 10.5 Å². The Morgan fingerprint density at radius 1 is 1.38 bits per heavy atom. The van der Waals surface area contributed by atoms with Crippen LogP contribution >= 0.6 is 28.1 Å². The Balaban J connectivity index is 2.62. The standard InChI is InChI=1S/C4H6ClOPS/c5-7(6)8-3-1-2-4-8/h1-4,7-8H. The zero-order valence-corrected chi connectivity index (χ0v) is 6.69. The maximum atomic E-state index is 10.5. The van der Waals surface area contributed by atoms with Gasteiger partial charge in [0.15, 0.2) is 6.36 Å². The quantitative estimate of drug-likeness (QED) is 0.471. The minimum absolute atomic E-state index is 0.553. The van der Waals surface area contributed by atoms with Crippen molar-refractivity contribution in [2.45, 2.75) is 0 Å². The molecule has 0 fully saturated rings. The number of hydrogen-bond acceptors (Lipinski definition) is 1. The largest absolute Gasteiger partial charge is 0.299 e. The highest BCUT2D eigenvalue weighted by Gasteiger charge is 2.02. The summed E-state index contributed by atoms with van der Waals surface area (Å²) < 4.78 is 10.5. The summed E-state index contributed by atoms with van der Waals surface area (Å²) in [6.45, 7) is 0. The Morgan fingerprint density at radius 2 is 1.88 bits per heavy atom. The fraction of sp³-hybridized carbons (Fsp3) is 0. The zero-order chi connectivity index (χ0) is 5.98. The third-order valence-electron chi connectivity index (χ3n) is 0.807. The lowest BCUT2D eigenvalue weighted by molar-refractivity contribution is 0.603. The molecule has 46 valence electrons. The van der Waals surface area contributed by atoms with Gasteiger partial charge in [0.1, 0.15) is 0 Å². The number of allylic oxidation sites excluding steroid dienone is 2. The Hall–Kier alpha value is 0.350. The lowest BCUT2D eigenvalue weighted by atomic mass is 10.6. The molecule has 1 heterocycles. The first-order chi connectivity index (χ1) is 3.80. The molecule has 0 saturated carbocycles. The molecule has 4 heteroatoms. The summed E-state index contributed by atoms with van der Waals surface area (Å²) in [4.78, 5) is 0. The van der Waals surface area contributed by atoms with Gasteiger partial charge in [-0.25, -0.2) is 0 Å². The zero-order valence-electron chi connectivity index (χ0n) is 4.04. The molecule has 0 aromatic heterocycles. The van der Waals surface area contributed by atoms with Crippen molar-refractivity contribution in [2.24, 2.45) is 0 Å². The van der Waals surface area contributed by atoms with Crippen molar-refractivity contribution in [1.82, 2.24) is 0 Å². The number of halogens is 1. The summed E-state index contributed by atoms with van der Waals surface area (Å²) in [7, 11) is -0.553. The van der Waals surface area contributed by atoms with Crippen molar-refractivity contribution < 1.29 is 4.57 Å². The van der Waals surface area contributed by atoms with Crippen molar-refractivity contribution in [3.8, 4) is 0 Å². The van der Waals surface area contributed by atoms with E-state index in [0.717, 1.165) is 0 Å². The fourth-order valence-electron chi connectivity index (χ4n) is 0.452. The molecule has 0 aromatic carbocycles. The molecular formula is C4H6ClOPS. The Labute approximate surface area is 56.1 Å². The van der Waals surface area contributed by atoms with E-state index in [1.165, 1.54) is 0 Å². The lowest BCUT2D eigenvalue weighted by Crippen LogP contribution is -1.45. The average Bonchev–Trinajstić information content (AvgIpc) is 2.12. The van der Waals surface area contributed by atoms with Crippen LogP contribution in [0.5, 0.6) is 0 Å². The molecule has 1 atom stereocenters. The van der Waals surface area contributed by atoms with Crippen LogP contribution in [-0.4, -0.2) is 0 Å². The molecule has 8 heavy (non-hydrogen) atoms. The van der Waals surface area contributed by atoms with Gasteiger partial charge in [-0.3, -0.25) is 4.57 Å². The molecule has 1 rings (SSSR count). The molecule has 1 unspecified atom stereocenters. The molecule has 1 aliphatic heterocycles. The molecule has 0 saturated heterocycles. The fourth-order valence-corrected chi connectivity index (χ4v) is 3.59. The molecule has 0 bridgehead atoms. The van der Waals surface area contributed by atoms with Gasteiger partial charge in [-0.1, -0.05) is 12.2 Å². The van der Waals surface area contributed by atoms with Crippen LogP contribution in [0.1, 0.15) is 0 Å². The highest BCUT2D eigenvalue weighted by atomic mass is 35.7. The number of hydrogen-bond donors (Lipinski definition) is 1. The van der Waals surface area contributed by atoms with Crippen LogP contribution in [0.25, 0.3) is 0 Å². The maximum absolute atomic E-state index is 10.5. The molecule has 0 amide bonds. The Morgan fingerprint density at radius 3 is 2.12 bits per heavy atom. The maximum Gasteiger partial charge on any atom is 0.198 e.